The Morgan fingerprint density at radius 3 is 2.03 bits per heavy atom. The molecule has 0 aliphatic carbocycles. The van der Waals surface area contributed by atoms with Crippen LogP contribution in [-0.2, 0) is 0 Å². The van der Waals surface area contributed by atoms with E-state index in [4.69, 9.17) is 18.9 Å². The molecule has 35 heavy (non-hydrogen) atoms. The minimum absolute atomic E-state index is 0.0246. The SMILES string of the molecule is CCOc1ccc(C(=O)N2CCN(c3ccc(-c4cc(OC)c(OC)c(OC)c4)nn3)CC2)cc1. The second-order valence-electron chi connectivity index (χ2n) is 7.93. The predicted molar refractivity (Wildman–Crippen MR) is 133 cm³/mol. The van der Waals surface area contributed by atoms with Crippen molar-refractivity contribution in [3.8, 4) is 34.3 Å². The van der Waals surface area contributed by atoms with Crippen molar-refractivity contribution in [1.29, 1.82) is 0 Å². The lowest BCUT2D eigenvalue weighted by Crippen LogP contribution is -2.49. The Bertz CT molecular complexity index is 1120. The molecule has 1 aliphatic rings. The van der Waals surface area contributed by atoms with Gasteiger partial charge in [0.2, 0.25) is 5.75 Å². The van der Waals surface area contributed by atoms with E-state index >= 15 is 0 Å². The standard InChI is InChI=1S/C26H30N4O5/c1-5-35-20-8-6-18(7-9-20)26(31)30-14-12-29(13-15-30)24-11-10-21(27-28-24)19-16-22(32-2)25(34-4)23(17-19)33-3/h6-11,16-17H,5,12-15H2,1-4H3. The van der Waals surface area contributed by atoms with Crippen LogP contribution in [0.1, 0.15) is 17.3 Å². The van der Waals surface area contributed by atoms with Crippen LogP contribution in [0.2, 0.25) is 0 Å². The molecule has 184 valence electrons. The summed E-state index contributed by atoms with van der Waals surface area (Å²) < 4.78 is 21.7. The van der Waals surface area contributed by atoms with Crippen LogP contribution in [0.3, 0.4) is 0 Å². The summed E-state index contributed by atoms with van der Waals surface area (Å²) in [4.78, 5) is 16.9. The number of aromatic nitrogens is 2. The number of nitrogens with zero attached hydrogens (tertiary/aromatic N) is 4. The quantitative estimate of drug-likeness (QED) is 0.486. The summed E-state index contributed by atoms with van der Waals surface area (Å²) in [5.41, 5.74) is 2.16. The first-order valence-electron chi connectivity index (χ1n) is 11.5. The fourth-order valence-electron chi connectivity index (χ4n) is 4.06. The first kappa shape index (κ1) is 24.1. The van der Waals surface area contributed by atoms with E-state index in [0.717, 1.165) is 17.1 Å². The van der Waals surface area contributed by atoms with Crippen LogP contribution in [0, 0.1) is 0 Å². The van der Waals surface area contributed by atoms with Gasteiger partial charge in [-0.25, -0.2) is 0 Å². The van der Waals surface area contributed by atoms with Crippen molar-refractivity contribution in [3.05, 3.63) is 54.1 Å². The number of benzene rings is 2. The van der Waals surface area contributed by atoms with E-state index < -0.39 is 0 Å². The van der Waals surface area contributed by atoms with E-state index in [9.17, 15) is 4.79 Å². The first-order valence-corrected chi connectivity index (χ1v) is 11.5. The van der Waals surface area contributed by atoms with Crippen molar-refractivity contribution in [2.75, 3.05) is 59.0 Å². The normalized spacial score (nSPS) is 13.4. The van der Waals surface area contributed by atoms with Crippen LogP contribution in [0.5, 0.6) is 23.0 Å². The highest BCUT2D eigenvalue weighted by molar-refractivity contribution is 5.94. The lowest BCUT2D eigenvalue weighted by atomic mass is 10.1. The van der Waals surface area contributed by atoms with E-state index in [1.807, 2.05) is 60.4 Å². The lowest BCUT2D eigenvalue weighted by Gasteiger charge is -2.35. The van der Waals surface area contributed by atoms with Crippen molar-refractivity contribution in [2.24, 2.45) is 0 Å². The topological polar surface area (TPSA) is 86.3 Å². The van der Waals surface area contributed by atoms with Gasteiger partial charge in [0.15, 0.2) is 17.3 Å². The van der Waals surface area contributed by atoms with Gasteiger partial charge in [-0.2, -0.15) is 0 Å². The molecular weight excluding hydrogens is 448 g/mol. The summed E-state index contributed by atoms with van der Waals surface area (Å²) >= 11 is 0. The number of carbonyl (C=O) groups is 1. The molecule has 0 bridgehead atoms. The van der Waals surface area contributed by atoms with Gasteiger partial charge in [-0.15, -0.1) is 10.2 Å². The Morgan fingerprint density at radius 1 is 0.857 bits per heavy atom. The van der Waals surface area contributed by atoms with Gasteiger partial charge in [-0.3, -0.25) is 4.79 Å². The molecule has 4 rings (SSSR count). The Hall–Kier alpha value is -4.01. The smallest absolute Gasteiger partial charge is 0.253 e. The number of anilines is 1. The van der Waals surface area contributed by atoms with E-state index in [-0.39, 0.29) is 5.91 Å². The third-order valence-electron chi connectivity index (χ3n) is 5.91. The Kier molecular flexibility index (Phi) is 7.54. The van der Waals surface area contributed by atoms with Gasteiger partial charge in [0, 0.05) is 37.3 Å². The maximum absolute atomic E-state index is 12.9. The fraction of sp³-hybridized carbons (Fsp3) is 0.346. The molecule has 0 radical (unpaired) electrons. The molecule has 9 heteroatoms. The van der Waals surface area contributed by atoms with Gasteiger partial charge in [0.1, 0.15) is 5.75 Å². The second-order valence-corrected chi connectivity index (χ2v) is 7.93. The lowest BCUT2D eigenvalue weighted by molar-refractivity contribution is 0.0746. The highest BCUT2D eigenvalue weighted by atomic mass is 16.5. The number of carbonyl (C=O) groups excluding carboxylic acids is 1. The van der Waals surface area contributed by atoms with Crippen LogP contribution >= 0.6 is 0 Å². The Labute approximate surface area is 205 Å². The molecule has 1 aromatic heterocycles. The molecule has 1 fully saturated rings. The van der Waals surface area contributed by atoms with Crippen molar-refractivity contribution in [1.82, 2.24) is 15.1 Å². The van der Waals surface area contributed by atoms with E-state index in [1.54, 1.807) is 21.3 Å². The molecule has 1 amide bonds. The van der Waals surface area contributed by atoms with Crippen molar-refractivity contribution in [3.63, 3.8) is 0 Å². The number of hydrogen-bond donors (Lipinski definition) is 0. The number of rotatable bonds is 8. The molecule has 9 nitrogen and oxygen atoms in total. The average molecular weight is 479 g/mol. The summed E-state index contributed by atoms with van der Waals surface area (Å²) in [6.45, 7) is 5.12. The van der Waals surface area contributed by atoms with Gasteiger partial charge >= 0.3 is 0 Å². The summed E-state index contributed by atoms with van der Waals surface area (Å²) in [6.07, 6.45) is 0. The average Bonchev–Trinajstić information content (AvgIpc) is 2.92. The molecule has 1 saturated heterocycles. The minimum Gasteiger partial charge on any atom is -0.494 e. The predicted octanol–water partition coefficient (Wildman–Crippen LogP) is 3.53. The maximum Gasteiger partial charge on any atom is 0.253 e. The zero-order valence-corrected chi connectivity index (χ0v) is 20.5. The third kappa shape index (κ3) is 5.24. The largest absolute Gasteiger partial charge is 0.494 e. The summed E-state index contributed by atoms with van der Waals surface area (Å²) in [7, 11) is 4.73. The number of hydrogen-bond acceptors (Lipinski definition) is 8. The summed E-state index contributed by atoms with van der Waals surface area (Å²) in [5.74, 6) is 3.20. The maximum atomic E-state index is 12.9. The molecule has 3 aromatic rings. The molecule has 2 heterocycles. The highest BCUT2D eigenvalue weighted by Gasteiger charge is 2.23. The number of ether oxygens (including phenoxy) is 4. The van der Waals surface area contributed by atoms with Crippen LogP contribution in [0.15, 0.2) is 48.5 Å². The summed E-state index contributed by atoms with van der Waals surface area (Å²) in [6, 6.07) is 14.8. The van der Waals surface area contributed by atoms with E-state index in [0.29, 0.717) is 61.3 Å². The van der Waals surface area contributed by atoms with Crippen LogP contribution in [-0.4, -0.2) is 75.1 Å². The molecule has 0 unspecified atom stereocenters. The molecule has 2 aromatic carbocycles. The zero-order chi connectivity index (χ0) is 24.8. The third-order valence-corrected chi connectivity index (χ3v) is 5.91. The van der Waals surface area contributed by atoms with Gasteiger partial charge in [0.05, 0.1) is 33.6 Å². The monoisotopic (exact) mass is 478 g/mol. The molecule has 0 atom stereocenters. The van der Waals surface area contributed by atoms with Gasteiger partial charge in [-0.05, 0) is 55.5 Å². The first-order chi connectivity index (χ1) is 17.1. The van der Waals surface area contributed by atoms with E-state index in [2.05, 4.69) is 15.1 Å². The Balaban J connectivity index is 1.41. The second kappa shape index (κ2) is 10.9. The molecule has 0 spiro atoms. The van der Waals surface area contributed by atoms with Gasteiger partial charge in [0.25, 0.3) is 5.91 Å². The van der Waals surface area contributed by atoms with Gasteiger partial charge in [-0.1, -0.05) is 0 Å². The number of amides is 1. The number of methoxy groups -OCH3 is 3. The molecular formula is C26H30N4O5. The highest BCUT2D eigenvalue weighted by Crippen LogP contribution is 2.40. The van der Waals surface area contributed by atoms with Crippen LogP contribution in [0.25, 0.3) is 11.3 Å². The zero-order valence-electron chi connectivity index (χ0n) is 20.5. The van der Waals surface area contributed by atoms with Crippen LogP contribution < -0.4 is 23.8 Å². The van der Waals surface area contributed by atoms with Crippen LogP contribution in [0.4, 0.5) is 5.82 Å². The van der Waals surface area contributed by atoms with Gasteiger partial charge < -0.3 is 28.7 Å². The van der Waals surface area contributed by atoms with Crippen molar-refractivity contribution >= 4 is 11.7 Å². The molecule has 0 N–H and O–H groups in total. The van der Waals surface area contributed by atoms with E-state index in [1.165, 1.54) is 0 Å². The molecule has 0 saturated carbocycles. The minimum atomic E-state index is 0.0246. The Morgan fingerprint density at radius 2 is 1.51 bits per heavy atom. The summed E-state index contributed by atoms with van der Waals surface area (Å²) in [5, 5.41) is 8.85. The number of piperazine rings is 1. The fourth-order valence-corrected chi connectivity index (χ4v) is 4.06. The molecule has 1 aliphatic heterocycles. The van der Waals surface area contributed by atoms with Crippen molar-refractivity contribution in [2.45, 2.75) is 6.92 Å². The van der Waals surface area contributed by atoms with Crippen molar-refractivity contribution < 1.29 is 23.7 Å².